The van der Waals surface area contributed by atoms with Crippen LogP contribution in [0.3, 0.4) is 0 Å². The lowest BCUT2D eigenvalue weighted by Crippen LogP contribution is -2.52. The summed E-state index contributed by atoms with van der Waals surface area (Å²) in [5, 5.41) is 11.1. The third-order valence-corrected chi connectivity index (χ3v) is 4.53. The van der Waals surface area contributed by atoms with Gasteiger partial charge in [-0.15, -0.1) is 0 Å². The molecule has 0 saturated carbocycles. The number of sulfone groups is 1. The van der Waals surface area contributed by atoms with Gasteiger partial charge in [-0.05, 0) is 13.3 Å². The molecule has 8 heteroatoms. The molecular formula is C9H16N2O5S. The van der Waals surface area contributed by atoms with Crippen molar-refractivity contribution in [3.8, 4) is 0 Å². The molecule has 0 aliphatic carbocycles. The second-order valence-electron chi connectivity index (χ2n) is 4.58. The maximum atomic E-state index is 11.6. The van der Waals surface area contributed by atoms with Gasteiger partial charge in [0.15, 0.2) is 9.84 Å². The van der Waals surface area contributed by atoms with Crippen molar-refractivity contribution in [1.82, 2.24) is 10.2 Å². The molecule has 0 bridgehead atoms. The topological polar surface area (TPSA) is 104 Å². The number of nitrogens with zero attached hydrogens (tertiary/aromatic N) is 1. The van der Waals surface area contributed by atoms with Crippen molar-refractivity contribution >= 4 is 21.8 Å². The van der Waals surface area contributed by atoms with Crippen molar-refractivity contribution < 1.29 is 23.1 Å². The molecule has 0 spiro atoms. The Bertz CT molecular complexity index is 433. The SMILES string of the molecule is CN(CC(=O)O)C(=O)NC1(C)CCS(=O)(=O)C1. The first-order valence-electron chi connectivity index (χ1n) is 5.09. The van der Waals surface area contributed by atoms with E-state index >= 15 is 0 Å². The molecule has 1 atom stereocenters. The Kier molecular flexibility index (Phi) is 3.65. The van der Waals surface area contributed by atoms with E-state index in [1.165, 1.54) is 7.05 Å². The highest BCUT2D eigenvalue weighted by Crippen LogP contribution is 2.22. The van der Waals surface area contributed by atoms with Gasteiger partial charge in [-0.2, -0.15) is 0 Å². The Morgan fingerprint density at radius 2 is 2.06 bits per heavy atom. The molecule has 17 heavy (non-hydrogen) atoms. The molecule has 1 rings (SSSR count). The molecule has 1 unspecified atom stereocenters. The molecule has 1 aliphatic heterocycles. The number of amides is 2. The Morgan fingerprint density at radius 3 is 2.47 bits per heavy atom. The summed E-state index contributed by atoms with van der Waals surface area (Å²) in [6, 6.07) is -0.577. The Balaban J connectivity index is 2.60. The summed E-state index contributed by atoms with van der Waals surface area (Å²) in [5.74, 6) is -1.18. The molecule has 0 aromatic carbocycles. The number of hydrogen-bond donors (Lipinski definition) is 2. The summed E-state index contributed by atoms with van der Waals surface area (Å²) in [5.41, 5.74) is -0.803. The normalized spacial score (nSPS) is 26.5. The van der Waals surface area contributed by atoms with Crippen LogP contribution in [-0.2, 0) is 14.6 Å². The van der Waals surface area contributed by atoms with E-state index in [2.05, 4.69) is 5.32 Å². The van der Waals surface area contributed by atoms with Crippen molar-refractivity contribution in [2.75, 3.05) is 25.1 Å². The summed E-state index contributed by atoms with van der Waals surface area (Å²) >= 11 is 0. The van der Waals surface area contributed by atoms with E-state index in [-0.39, 0.29) is 11.5 Å². The summed E-state index contributed by atoms with van der Waals surface area (Å²) in [4.78, 5) is 23.0. The molecule has 0 radical (unpaired) electrons. The molecule has 2 amide bonds. The predicted octanol–water partition coefficient (Wildman–Crippen LogP) is -0.710. The van der Waals surface area contributed by atoms with Gasteiger partial charge in [-0.1, -0.05) is 0 Å². The zero-order valence-corrected chi connectivity index (χ0v) is 10.6. The van der Waals surface area contributed by atoms with Gasteiger partial charge in [0.1, 0.15) is 6.54 Å². The molecule has 1 saturated heterocycles. The first kappa shape index (κ1) is 13.8. The van der Waals surface area contributed by atoms with Gasteiger partial charge in [0, 0.05) is 7.05 Å². The maximum Gasteiger partial charge on any atom is 0.323 e. The van der Waals surface area contributed by atoms with E-state index in [4.69, 9.17) is 5.11 Å². The number of carboxylic acid groups (broad SMARTS) is 1. The molecule has 1 fully saturated rings. The Labute approximate surface area is 99.7 Å². The highest BCUT2D eigenvalue weighted by molar-refractivity contribution is 7.91. The van der Waals surface area contributed by atoms with E-state index in [1.807, 2.05) is 0 Å². The van der Waals surface area contributed by atoms with Crippen LogP contribution in [0.2, 0.25) is 0 Å². The van der Waals surface area contributed by atoms with Crippen molar-refractivity contribution in [2.45, 2.75) is 18.9 Å². The zero-order valence-electron chi connectivity index (χ0n) is 9.76. The number of rotatable bonds is 3. The van der Waals surface area contributed by atoms with E-state index in [1.54, 1.807) is 6.92 Å². The van der Waals surface area contributed by atoms with Crippen LogP contribution in [0.25, 0.3) is 0 Å². The van der Waals surface area contributed by atoms with Crippen LogP contribution in [0.1, 0.15) is 13.3 Å². The molecule has 0 aromatic heterocycles. The van der Waals surface area contributed by atoms with Gasteiger partial charge in [-0.25, -0.2) is 13.2 Å². The standard InChI is InChI=1S/C9H16N2O5S/c1-9(3-4-17(15,16)6-9)10-8(14)11(2)5-7(12)13/h3-6H2,1-2H3,(H,10,14)(H,12,13). The quantitative estimate of drug-likeness (QED) is 0.700. The highest BCUT2D eigenvalue weighted by atomic mass is 32.2. The zero-order chi connectivity index (χ0) is 13.3. The fraction of sp³-hybridized carbons (Fsp3) is 0.778. The number of carboxylic acids is 1. The molecule has 1 aliphatic rings. The van der Waals surface area contributed by atoms with Gasteiger partial charge in [0.05, 0.1) is 17.0 Å². The van der Waals surface area contributed by atoms with Gasteiger partial charge in [0.25, 0.3) is 0 Å². The van der Waals surface area contributed by atoms with Crippen LogP contribution in [0.4, 0.5) is 4.79 Å². The number of urea groups is 1. The molecular weight excluding hydrogens is 248 g/mol. The number of likely N-dealkylation sites (N-methyl/N-ethyl adjacent to an activating group) is 1. The summed E-state index contributed by atoms with van der Waals surface area (Å²) in [7, 11) is -1.75. The van der Waals surface area contributed by atoms with Crippen LogP contribution >= 0.6 is 0 Å². The fourth-order valence-corrected chi connectivity index (χ4v) is 3.83. The minimum atomic E-state index is -3.10. The Hall–Kier alpha value is -1.31. The summed E-state index contributed by atoms with van der Waals surface area (Å²) in [6.07, 6.45) is 0.349. The van der Waals surface area contributed by atoms with Crippen LogP contribution in [0.15, 0.2) is 0 Å². The van der Waals surface area contributed by atoms with Gasteiger partial charge in [0.2, 0.25) is 0 Å². The van der Waals surface area contributed by atoms with E-state index in [0.717, 1.165) is 4.90 Å². The predicted molar refractivity (Wildman–Crippen MR) is 60.5 cm³/mol. The number of carbonyl (C=O) groups is 2. The third-order valence-electron chi connectivity index (χ3n) is 2.63. The van der Waals surface area contributed by atoms with E-state index in [9.17, 15) is 18.0 Å². The first-order chi connectivity index (χ1) is 7.64. The van der Waals surface area contributed by atoms with Gasteiger partial charge >= 0.3 is 12.0 Å². The van der Waals surface area contributed by atoms with Crippen LogP contribution in [0, 0.1) is 0 Å². The first-order valence-corrected chi connectivity index (χ1v) is 6.91. The second-order valence-corrected chi connectivity index (χ2v) is 6.77. The van der Waals surface area contributed by atoms with Crippen molar-refractivity contribution in [3.05, 3.63) is 0 Å². The van der Waals surface area contributed by atoms with E-state index in [0.29, 0.717) is 6.42 Å². The molecule has 2 N–H and O–H groups in total. The van der Waals surface area contributed by atoms with Crippen LogP contribution in [-0.4, -0.2) is 61.1 Å². The molecule has 0 aromatic rings. The average Bonchev–Trinajstić information content (AvgIpc) is 2.39. The van der Waals surface area contributed by atoms with Gasteiger partial charge in [-0.3, -0.25) is 4.79 Å². The average molecular weight is 264 g/mol. The third kappa shape index (κ3) is 3.88. The highest BCUT2D eigenvalue weighted by Gasteiger charge is 2.40. The lowest BCUT2D eigenvalue weighted by molar-refractivity contribution is -0.137. The second kappa shape index (κ2) is 4.52. The van der Waals surface area contributed by atoms with Crippen LogP contribution < -0.4 is 5.32 Å². The monoisotopic (exact) mass is 264 g/mol. The largest absolute Gasteiger partial charge is 0.480 e. The number of nitrogens with one attached hydrogen (secondary N) is 1. The van der Waals surface area contributed by atoms with Crippen molar-refractivity contribution in [1.29, 1.82) is 0 Å². The smallest absolute Gasteiger partial charge is 0.323 e. The number of aliphatic carboxylic acids is 1. The summed E-state index contributed by atoms with van der Waals surface area (Å²) in [6.45, 7) is 1.22. The molecule has 98 valence electrons. The Morgan fingerprint density at radius 1 is 1.47 bits per heavy atom. The van der Waals surface area contributed by atoms with Crippen molar-refractivity contribution in [3.63, 3.8) is 0 Å². The lowest BCUT2D eigenvalue weighted by atomic mass is 10.0. The number of carbonyl (C=O) groups excluding carboxylic acids is 1. The molecule has 7 nitrogen and oxygen atoms in total. The molecule has 1 heterocycles. The van der Waals surface area contributed by atoms with Crippen molar-refractivity contribution in [2.24, 2.45) is 0 Å². The summed E-state index contributed by atoms with van der Waals surface area (Å²) < 4.78 is 22.6. The fourth-order valence-electron chi connectivity index (χ4n) is 1.74. The van der Waals surface area contributed by atoms with Crippen LogP contribution in [0.5, 0.6) is 0 Å². The number of hydrogen-bond acceptors (Lipinski definition) is 4. The van der Waals surface area contributed by atoms with Gasteiger partial charge < -0.3 is 15.3 Å². The minimum Gasteiger partial charge on any atom is -0.480 e. The lowest BCUT2D eigenvalue weighted by Gasteiger charge is -2.27. The minimum absolute atomic E-state index is 0.0480. The maximum absolute atomic E-state index is 11.6. The van der Waals surface area contributed by atoms with E-state index < -0.39 is 33.9 Å².